The van der Waals surface area contributed by atoms with Crippen molar-refractivity contribution >= 4 is 40.5 Å². The molecular formula is C21H19Cl2N3O. The van der Waals surface area contributed by atoms with Gasteiger partial charge in [0.05, 0.1) is 27.0 Å². The molecular weight excluding hydrogens is 381 g/mol. The molecule has 1 N–H and O–H groups in total. The highest BCUT2D eigenvalue weighted by Crippen LogP contribution is 2.39. The Bertz CT molecular complexity index is 1030. The molecule has 0 spiro atoms. The van der Waals surface area contributed by atoms with Gasteiger partial charge in [-0.1, -0.05) is 55.2 Å². The van der Waals surface area contributed by atoms with E-state index in [4.69, 9.17) is 28.3 Å². The fourth-order valence-corrected chi connectivity index (χ4v) is 3.83. The summed E-state index contributed by atoms with van der Waals surface area (Å²) in [5.74, 6) is 0.652. The number of Topliss-reactive ketones (excluding diaryl/α,β-unsaturated/α-hetero) is 1. The first-order chi connectivity index (χ1) is 12.8. The maximum atomic E-state index is 12.9. The number of anilines is 2. The van der Waals surface area contributed by atoms with Crippen molar-refractivity contribution in [1.82, 2.24) is 9.78 Å². The van der Waals surface area contributed by atoms with Crippen LogP contribution in [0.5, 0.6) is 0 Å². The van der Waals surface area contributed by atoms with Gasteiger partial charge in [-0.15, -0.1) is 5.10 Å². The molecule has 6 heteroatoms. The van der Waals surface area contributed by atoms with Gasteiger partial charge >= 0.3 is 0 Å². The second kappa shape index (κ2) is 6.70. The van der Waals surface area contributed by atoms with Crippen LogP contribution in [-0.2, 0) is 6.42 Å². The quantitative estimate of drug-likeness (QED) is 0.580. The minimum atomic E-state index is -0.0997. The number of carbonyl (C=O) groups excluding carboxylic acids is 1. The number of hydrogen-bond acceptors (Lipinski definition) is 3. The van der Waals surface area contributed by atoms with Gasteiger partial charge in [-0.05, 0) is 42.2 Å². The lowest BCUT2D eigenvalue weighted by Gasteiger charge is -2.29. The van der Waals surface area contributed by atoms with E-state index in [9.17, 15) is 4.79 Å². The average molecular weight is 400 g/mol. The summed E-state index contributed by atoms with van der Waals surface area (Å²) in [4.78, 5) is 12.9. The maximum absolute atomic E-state index is 12.9. The highest BCUT2D eigenvalue weighted by molar-refractivity contribution is 6.42. The van der Waals surface area contributed by atoms with Gasteiger partial charge in [0, 0.05) is 12.1 Å². The molecule has 4 nitrogen and oxygen atoms in total. The van der Waals surface area contributed by atoms with E-state index in [2.05, 4.69) is 19.2 Å². The molecule has 1 aromatic heterocycles. The molecule has 1 aliphatic rings. The molecule has 138 valence electrons. The van der Waals surface area contributed by atoms with Gasteiger partial charge in [-0.25, -0.2) is 4.68 Å². The van der Waals surface area contributed by atoms with Gasteiger partial charge in [0.15, 0.2) is 11.6 Å². The Labute approximate surface area is 168 Å². The molecule has 1 aliphatic carbocycles. The number of para-hydroxylation sites is 1. The number of fused-ring (bicyclic) bond motifs is 1. The number of hydrogen-bond donors (Lipinski definition) is 1. The van der Waals surface area contributed by atoms with Crippen molar-refractivity contribution in [2.24, 2.45) is 5.41 Å². The lowest BCUT2D eigenvalue weighted by atomic mass is 9.76. The van der Waals surface area contributed by atoms with Crippen molar-refractivity contribution in [3.63, 3.8) is 0 Å². The summed E-state index contributed by atoms with van der Waals surface area (Å²) >= 11 is 12.1. The zero-order chi connectivity index (χ0) is 19.2. The summed E-state index contributed by atoms with van der Waals surface area (Å²) in [6, 6.07) is 15.1. The Morgan fingerprint density at radius 1 is 1.04 bits per heavy atom. The Morgan fingerprint density at radius 2 is 1.78 bits per heavy atom. The van der Waals surface area contributed by atoms with Gasteiger partial charge in [0.2, 0.25) is 0 Å². The molecule has 1 heterocycles. The Balaban J connectivity index is 1.84. The highest BCUT2D eigenvalue weighted by Gasteiger charge is 2.36. The van der Waals surface area contributed by atoms with Crippen molar-refractivity contribution < 1.29 is 4.79 Å². The monoisotopic (exact) mass is 399 g/mol. The Kier molecular flexibility index (Phi) is 4.49. The van der Waals surface area contributed by atoms with Crippen LogP contribution in [-0.4, -0.2) is 15.6 Å². The molecule has 0 aliphatic heterocycles. The summed E-state index contributed by atoms with van der Waals surface area (Å²) < 4.78 is 1.87. The Morgan fingerprint density at radius 3 is 2.48 bits per heavy atom. The predicted molar refractivity (Wildman–Crippen MR) is 110 cm³/mol. The molecule has 0 fully saturated rings. The van der Waals surface area contributed by atoms with E-state index >= 15 is 0 Å². The van der Waals surface area contributed by atoms with Gasteiger partial charge in [-0.2, -0.15) is 0 Å². The molecule has 0 bridgehead atoms. The average Bonchev–Trinajstić information content (AvgIpc) is 2.96. The first-order valence-electron chi connectivity index (χ1n) is 8.77. The van der Waals surface area contributed by atoms with Crippen LogP contribution in [0.3, 0.4) is 0 Å². The fourth-order valence-electron chi connectivity index (χ4n) is 3.53. The van der Waals surface area contributed by atoms with Crippen molar-refractivity contribution in [2.45, 2.75) is 26.7 Å². The molecule has 2 aromatic carbocycles. The van der Waals surface area contributed by atoms with Crippen molar-refractivity contribution in [3.8, 4) is 5.69 Å². The number of halogens is 2. The molecule has 27 heavy (non-hydrogen) atoms. The van der Waals surface area contributed by atoms with E-state index in [1.54, 1.807) is 12.1 Å². The molecule has 4 rings (SSSR count). The molecule has 3 aromatic rings. The topological polar surface area (TPSA) is 46.9 Å². The number of carbonyl (C=O) groups is 1. The summed E-state index contributed by atoms with van der Waals surface area (Å²) in [6.07, 6.45) is 1.27. The van der Waals surface area contributed by atoms with E-state index in [0.29, 0.717) is 27.8 Å². The van der Waals surface area contributed by atoms with Crippen LogP contribution in [0.1, 0.15) is 36.3 Å². The summed E-state index contributed by atoms with van der Waals surface area (Å²) in [6.45, 7) is 4.23. The van der Waals surface area contributed by atoms with E-state index < -0.39 is 0 Å². The molecule has 0 unspecified atom stereocenters. The SMILES string of the molecule is CC1(C)CC(=O)c2c(Nc3ccc(Cl)c(Cl)c3)nn(-c3ccccc3)c2C1. The number of rotatable bonds is 3. The third-order valence-electron chi connectivity index (χ3n) is 4.73. The third-order valence-corrected chi connectivity index (χ3v) is 5.47. The van der Waals surface area contributed by atoms with Crippen LogP contribution in [0, 0.1) is 5.41 Å². The number of nitrogens with zero attached hydrogens (tertiary/aromatic N) is 2. The number of nitrogens with one attached hydrogen (secondary N) is 1. The van der Waals surface area contributed by atoms with Crippen molar-refractivity contribution in [3.05, 3.63) is 69.8 Å². The van der Waals surface area contributed by atoms with Crippen molar-refractivity contribution in [1.29, 1.82) is 0 Å². The Hall–Kier alpha value is -2.30. The minimum absolute atomic E-state index is 0.0997. The van der Waals surface area contributed by atoms with Crippen LogP contribution in [0.4, 0.5) is 11.5 Å². The maximum Gasteiger partial charge on any atom is 0.169 e. The van der Waals surface area contributed by atoms with Gasteiger partial charge in [-0.3, -0.25) is 4.79 Å². The van der Waals surface area contributed by atoms with Crippen LogP contribution in [0.2, 0.25) is 10.0 Å². The third kappa shape index (κ3) is 3.47. The molecule has 0 saturated heterocycles. The van der Waals surface area contributed by atoms with Gasteiger partial charge in [0.25, 0.3) is 0 Å². The van der Waals surface area contributed by atoms with E-state index in [0.717, 1.165) is 23.5 Å². The summed E-state index contributed by atoms with van der Waals surface area (Å²) in [5.41, 5.74) is 3.16. The molecule has 0 atom stereocenters. The number of ketones is 1. The van der Waals surface area contributed by atoms with Gasteiger partial charge in [0.1, 0.15) is 0 Å². The largest absolute Gasteiger partial charge is 0.338 e. The second-order valence-electron chi connectivity index (χ2n) is 7.61. The highest BCUT2D eigenvalue weighted by atomic mass is 35.5. The smallest absolute Gasteiger partial charge is 0.169 e. The van der Waals surface area contributed by atoms with E-state index in [-0.39, 0.29) is 11.2 Å². The van der Waals surface area contributed by atoms with E-state index in [1.807, 2.05) is 41.1 Å². The first-order valence-corrected chi connectivity index (χ1v) is 9.52. The minimum Gasteiger partial charge on any atom is -0.338 e. The lowest BCUT2D eigenvalue weighted by Crippen LogP contribution is -2.28. The molecule has 0 radical (unpaired) electrons. The second-order valence-corrected chi connectivity index (χ2v) is 8.43. The number of benzene rings is 2. The molecule has 0 saturated carbocycles. The van der Waals surface area contributed by atoms with Crippen molar-refractivity contribution in [2.75, 3.05) is 5.32 Å². The normalized spacial score (nSPS) is 15.5. The zero-order valence-corrected chi connectivity index (χ0v) is 16.6. The van der Waals surface area contributed by atoms with Crippen LogP contribution in [0.25, 0.3) is 5.69 Å². The van der Waals surface area contributed by atoms with Crippen LogP contribution >= 0.6 is 23.2 Å². The summed E-state index contributed by atoms with van der Waals surface area (Å²) in [5, 5.41) is 8.92. The lowest BCUT2D eigenvalue weighted by molar-refractivity contribution is 0.0912. The summed E-state index contributed by atoms with van der Waals surface area (Å²) in [7, 11) is 0. The van der Waals surface area contributed by atoms with Gasteiger partial charge < -0.3 is 5.32 Å². The molecule has 0 amide bonds. The fraction of sp³-hybridized carbons (Fsp3) is 0.238. The van der Waals surface area contributed by atoms with E-state index in [1.165, 1.54) is 0 Å². The predicted octanol–water partition coefficient (Wildman–Crippen LogP) is 6.08. The first kappa shape index (κ1) is 18.1. The zero-order valence-electron chi connectivity index (χ0n) is 15.1. The standard InChI is InChI=1S/C21H19Cl2N3O/c1-21(2)11-17-19(18(27)12-21)20(24-13-8-9-15(22)16(23)10-13)25-26(17)14-6-4-3-5-7-14/h3-10H,11-12H2,1-2H3,(H,24,25). The van der Waals surface area contributed by atoms with Crippen LogP contribution < -0.4 is 5.32 Å². The number of aromatic nitrogens is 2. The van der Waals surface area contributed by atoms with Crippen LogP contribution in [0.15, 0.2) is 48.5 Å².